The fraction of sp³-hybridized carbons (Fsp3) is 0. The number of hydrogen-bond acceptors (Lipinski definition) is 3. The Morgan fingerprint density at radius 1 is 0.571 bits per heavy atom. The van der Waals surface area contributed by atoms with Crippen LogP contribution in [0.1, 0.15) is 31.1 Å². The molecule has 0 aliphatic carbocycles. The lowest BCUT2D eigenvalue weighted by Gasteiger charge is -1.98. The van der Waals surface area contributed by atoms with E-state index in [1.54, 1.807) is 30.3 Å². The first-order valence-corrected chi connectivity index (χ1v) is 5.77. The zero-order valence-electron chi connectivity index (χ0n) is 10.8. The number of rotatable bonds is 3. The standard InChI is InChI=1S/C8H6O4.C7H6O2/c9-7(10)5-3-1-2-4-6(5)8(11)12;8-7(9)6-4-2-1-3-5-6/h1-4H,(H,9,10)(H,11,12);1-5H,(H,8,9). The maximum atomic E-state index is 10.5. The molecule has 108 valence electrons. The zero-order valence-corrected chi connectivity index (χ0v) is 10.8. The van der Waals surface area contributed by atoms with Crippen molar-refractivity contribution < 1.29 is 29.7 Å². The van der Waals surface area contributed by atoms with Gasteiger partial charge in [-0.05, 0) is 24.3 Å². The summed E-state index contributed by atoms with van der Waals surface area (Å²) in [5.74, 6) is -3.34. The Bertz CT molecular complexity index is 615. The van der Waals surface area contributed by atoms with Gasteiger partial charge in [0.15, 0.2) is 0 Å². The molecule has 0 aliphatic rings. The van der Waals surface area contributed by atoms with Gasteiger partial charge in [-0.15, -0.1) is 0 Å². The first-order valence-electron chi connectivity index (χ1n) is 5.77. The van der Waals surface area contributed by atoms with E-state index in [9.17, 15) is 14.4 Å². The van der Waals surface area contributed by atoms with E-state index in [1.165, 1.54) is 24.3 Å². The lowest BCUT2D eigenvalue weighted by Crippen LogP contribution is -2.06. The van der Waals surface area contributed by atoms with Crippen LogP contribution in [0.3, 0.4) is 0 Å². The van der Waals surface area contributed by atoms with Gasteiger partial charge in [0.1, 0.15) is 0 Å². The highest BCUT2D eigenvalue weighted by atomic mass is 16.4. The van der Waals surface area contributed by atoms with Gasteiger partial charge in [0.05, 0.1) is 16.7 Å². The van der Waals surface area contributed by atoms with Gasteiger partial charge in [0.2, 0.25) is 0 Å². The van der Waals surface area contributed by atoms with Crippen molar-refractivity contribution in [1.82, 2.24) is 0 Å². The molecule has 6 nitrogen and oxygen atoms in total. The van der Waals surface area contributed by atoms with Crippen molar-refractivity contribution in [2.45, 2.75) is 0 Å². The smallest absolute Gasteiger partial charge is 0.336 e. The van der Waals surface area contributed by atoms with E-state index in [0.717, 1.165) is 0 Å². The molecule has 0 spiro atoms. The summed E-state index contributed by atoms with van der Waals surface area (Å²) in [6.07, 6.45) is 0. The Morgan fingerprint density at radius 2 is 0.952 bits per heavy atom. The van der Waals surface area contributed by atoms with Crippen molar-refractivity contribution in [2.75, 3.05) is 0 Å². The van der Waals surface area contributed by atoms with Gasteiger partial charge in [-0.2, -0.15) is 0 Å². The van der Waals surface area contributed by atoms with Crippen molar-refractivity contribution in [3.63, 3.8) is 0 Å². The maximum Gasteiger partial charge on any atom is 0.336 e. The van der Waals surface area contributed by atoms with Crippen molar-refractivity contribution >= 4 is 17.9 Å². The first-order chi connectivity index (χ1) is 9.93. The summed E-state index contributed by atoms with van der Waals surface area (Å²) in [6, 6.07) is 13.8. The Hall–Kier alpha value is -3.15. The molecule has 0 aromatic heterocycles. The Balaban J connectivity index is 0.000000219. The highest BCUT2D eigenvalue weighted by Crippen LogP contribution is 2.07. The van der Waals surface area contributed by atoms with Crippen LogP contribution in [0.5, 0.6) is 0 Å². The van der Waals surface area contributed by atoms with Crippen LogP contribution in [0.25, 0.3) is 0 Å². The molecule has 0 bridgehead atoms. The number of benzene rings is 2. The molecule has 0 unspecified atom stereocenters. The molecule has 0 aliphatic heterocycles. The van der Waals surface area contributed by atoms with Gasteiger partial charge in [0.25, 0.3) is 0 Å². The summed E-state index contributed by atoms with van der Waals surface area (Å²) in [4.78, 5) is 31.1. The number of carboxylic acid groups (broad SMARTS) is 3. The number of hydrogen-bond donors (Lipinski definition) is 3. The van der Waals surface area contributed by atoms with Crippen LogP contribution in [0, 0.1) is 0 Å². The molecular formula is C15H12O6. The molecule has 6 heteroatoms. The maximum absolute atomic E-state index is 10.5. The SMILES string of the molecule is O=C(O)c1ccccc1.O=C(O)c1ccccc1C(=O)O. The number of carboxylic acids is 3. The highest BCUT2D eigenvalue weighted by molar-refractivity contribution is 6.01. The average molecular weight is 288 g/mol. The van der Waals surface area contributed by atoms with Gasteiger partial charge in [0, 0.05) is 0 Å². The minimum Gasteiger partial charge on any atom is -0.478 e. The molecular weight excluding hydrogens is 276 g/mol. The lowest BCUT2D eigenvalue weighted by atomic mass is 10.1. The predicted molar refractivity (Wildman–Crippen MR) is 73.8 cm³/mol. The van der Waals surface area contributed by atoms with Crippen molar-refractivity contribution in [2.24, 2.45) is 0 Å². The Labute approximate surface area is 119 Å². The summed E-state index contributed by atoms with van der Waals surface area (Å²) in [6.45, 7) is 0. The lowest BCUT2D eigenvalue weighted by molar-refractivity contribution is 0.0651. The molecule has 21 heavy (non-hydrogen) atoms. The molecule has 0 heterocycles. The van der Waals surface area contributed by atoms with Crippen LogP contribution in [0.15, 0.2) is 54.6 Å². The van der Waals surface area contributed by atoms with Crippen LogP contribution >= 0.6 is 0 Å². The third-order valence-corrected chi connectivity index (χ3v) is 2.41. The van der Waals surface area contributed by atoms with E-state index >= 15 is 0 Å². The summed E-state index contributed by atoms with van der Waals surface area (Å²) < 4.78 is 0. The number of aromatic carboxylic acids is 3. The van der Waals surface area contributed by atoms with Crippen molar-refractivity contribution in [3.05, 3.63) is 71.3 Å². The molecule has 0 amide bonds. The van der Waals surface area contributed by atoms with E-state index in [1.807, 2.05) is 0 Å². The summed E-state index contributed by atoms with van der Waals surface area (Å²) >= 11 is 0. The van der Waals surface area contributed by atoms with E-state index in [-0.39, 0.29) is 11.1 Å². The molecule has 0 radical (unpaired) electrons. The zero-order chi connectivity index (χ0) is 15.8. The van der Waals surface area contributed by atoms with Crippen LogP contribution in [0.4, 0.5) is 0 Å². The number of carbonyl (C=O) groups is 3. The summed E-state index contributed by atoms with van der Waals surface area (Å²) in [5.41, 5.74) is -0.0486. The molecule has 2 aromatic carbocycles. The van der Waals surface area contributed by atoms with E-state index in [2.05, 4.69) is 0 Å². The van der Waals surface area contributed by atoms with Gasteiger partial charge in [-0.25, -0.2) is 14.4 Å². The third-order valence-electron chi connectivity index (χ3n) is 2.41. The summed E-state index contributed by atoms with van der Waals surface area (Å²) in [7, 11) is 0. The van der Waals surface area contributed by atoms with Crippen LogP contribution < -0.4 is 0 Å². The van der Waals surface area contributed by atoms with Crippen LogP contribution in [-0.2, 0) is 0 Å². The quantitative estimate of drug-likeness (QED) is 0.799. The minimum absolute atomic E-state index is 0.190. The summed E-state index contributed by atoms with van der Waals surface area (Å²) in [5, 5.41) is 25.5. The molecule has 2 rings (SSSR count). The normalized spacial score (nSPS) is 9.14. The van der Waals surface area contributed by atoms with Gasteiger partial charge >= 0.3 is 17.9 Å². The second-order valence-corrected chi connectivity index (χ2v) is 3.83. The van der Waals surface area contributed by atoms with E-state index in [0.29, 0.717) is 5.56 Å². The first kappa shape index (κ1) is 15.9. The minimum atomic E-state index is -1.23. The topological polar surface area (TPSA) is 112 Å². The highest BCUT2D eigenvalue weighted by Gasteiger charge is 2.13. The van der Waals surface area contributed by atoms with Gasteiger partial charge in [-0.1, -0.05) is 30.3 Å². The van der Waals surface area contributed by atoms with Gasteiger partial charge in [-0.3, -0.25) is 0 Å². The fourth-order valence-corrected chi connectivity index (χ4v) is 1.44. The van der Waals surface area contributed by atoms with Crippen LogP contribution in [-0.4, -0.2) is 33.2 Å². The molecule has 0 saturated carbocycles. The monoisotopic (exact) mass is 288 g/mol. The molecule has 0 fully saturated rings. The second-order valence-electron chi connectivity index (χ2n) is 3.83. The Kier molecular flexibility index (Phi) is 5.64. The molecule has 2 aromatic rings. The van der Waals surface area contributed by atoms with Gasteiger partial charge < -0.3 is 15.3 Å². The van der Waals surface area contributed by atoms with E-state index in [4.69, 9.17) is 15.3 Å². The molecule has 3 N–H and O–H groups in total. The van der Waals surface area contributed by atoms with Crippen molar-refractivity contribution in [1.29, 1.82) is 0 Å². The average Bonchev–Trinajstić information content (AvgIpc) is 2.48. The van der Waals surface area contributed by atoms with E-state index < -0.39 is 17.9 Å². The van der Waals surface area contributed by atoms with Crippen LogP contribution in [0.2, 0.25) is 0 Å². The second kappa shape index (κ2) is 7.44. The van der Waals surface area contributed by atoms with Crippen molar-refractivity contribution in [3.8, 4) is 0 Å². The molecule has 0 saturated heterocycles. The molecule has 0 atom stereocenters. The largest absolute Gasteiger partial charge is 0.478 e. The predicted octanol–water partition coefficient (Wildman–Crippen LogP) is 2.47. The fourth-order valence-electron chi connectivity index (χ4n) is 1.44. The Morgan fingerprint density at radius 3 is 1.24 bits per heavy atom. The third kappa shape index (κ3) is 4.79.